The highest BCUT2D eigenvalue weighted by atomic mass is 32.2. The van der Waals surface area contributed by atoms with Crippen molar-refractivity contribution < 1.29 is 5.11 Å². The maximum absolute atomic E-state index is 10.5. The van der Waals surface area contributed by atoms with Crippen LogP contribution in [0, 0.1) is 0 Å². The maximum atomic E-state index is 10.5. The number of aryl methyl sites for hydroxylation is 1. The van der Waals surface area contributed by atoms with Crippen molar-refractivity contribution in [3.63, 3.8) is 0 Å². The fourth-order valence-corrected chi connectivity index (χ4v) is 3.61. The first-order valence-corrected chi connectivity index (χ1v) is 6.63. The largest absolute Gasteiger partial charge is 0.386 e. The summed E-state index contributed by atoms with van der Waals surface area (Å²) in [5.74, 6) is 1.11. The summed E-state index contributed by atoms with van der Waals surface area (Å²) in [6.07, 6.45) is 1.26. The van der Waals surface area contributed by atoms with Gasteiger partial charge in [-0.2, -0.15) is 5.10 Å². The summed E-state index contributed by atoms with van der Waals surface area (Å²) in [6.45, 7) is 0. The monoisotopic (exact) mass is 246 g/mol. The quantitative estimate of drug-likeness (QED) is 0.884. The van der Waals surface area contributed by atoms with Crippen LogP contribution < -0.4 is 0 Å². The number of hydrogen-bond donors (Lipinski definition) is 1. The molecule has 1 aliphatic rings. The molecule has 88 valence electrons. The van der Waals surface area contributed by atoms with Crippen molar-refractivity contribution >= 4 is 11.8 Å². The number of aromatic nitrogens is 2. The fourth-order valence-electron chi connectivity index (χ4n) is 2.33. The highest BCUT2D eigenvalue weighted by Crippen LogP contribution is 2.45. The number of hydrogen-bond acceptors (Lipinski definition) is 3. The first-order valence-electron chi connectivity index (χ1n) is 5.65. The lowest BCUT2D eigenvalue weighted by atomic mass is 9.93. The predicted octanol–water partition coefficient (Wildman–Crippen LogP) is 2.34. The molecule has 3 rings (SSSR count). The molecule has 2 unspecified atom stereocenters. The average Bonchev–Trinajstić information content (AvgIpc) is 2.94. The van der Waals surface area contributed by atoms with Gasteiger partial charge in [-0.3, -0.25) is 4.68 Å². The number of rotatable bonds is 2. The van der Waals surface area contributed by atoms with Crippen LogP contribution in [0.3, 0.4) is 0 Å². The Morgan fingerprint density at radius 2 is 2.24 bits per heavy atom. The predicted molar refractivity (Wildman–Crippen MR) is 68.1 cm³/mol. The Hall–Kier alpha value is -1.26. The molecule has 2 aromatic rings. The van der Waals surface area contributed by atoms with Crippen molar-refractivity contribution in [2.45, 2.75) is 16.9 Å². The third-order valence-corrected chi connectivity index (χ3v) is 4.49. The van der Waals surface area contributed by atoms with Gasteiger partial charge >= 0.3 is 0 Å². The van der Waals surface area contributed by atoms with Gasteiger partial charge in [-0.1, -0.05) is 18.2 Å². The van der Waals surface area contributed by atoms with Gasteiger partial charge in [0.2, 0.25) is 0 Å². The number of fused-ring (bicyclic) bond motifs is 1. The van der Waals surface area contributed by atoms with Crippen LogP contribution in [-0.2, 0) is 7.05 Å². The molecule has 2 heterocycles. The second-order valence-electron chi connectivity index (χ2n) is 4.28. The van der Waals surface area contributed by atoms with E-state index in [1.54, 1.807) is 10.9 Å². The van der Waals surface area contributed by atoms with E-state index in [0.29, 0.717) is 0 Å². The smallest absolute Gasteiger partial charge is 0.103 e. The Morgan fingerprint density at radius 3 is 3.00 bits per heavy atom. The van der Waals surface area contributed by atoms with Crippen molar-refractivity contribution in [2.75, 3.05) is 5.75 Å². The molecule has 0 amide bonds. The average molecular weight is 246 g/mol. The zero-order chi connectivity index (χ0) is 11.8. The van der Waals surface area contributed by atoms with Crippen LogP contribution in [0.2, 0.25) is 0 Å². The molecule has 1 N–H and O–H groups in total. The summed E-state index contributed by atoms with van der Waals surface area (Å²) in [7, 11) is 1.87. The number of aliphatic hydroxyl groups is 1. The van der Waals surface area contributed by atoms with Crippen LogP contribution >= 0.6 is 11.8 Å². The second kappa shape index (κ2) is 4.20. The molecule has 2 atom stereocenters. The minimum absolute atomic E-state index is 0.173. The summed E-state index contributed by atoms with van der Waals surface area (Å²) >= 11 is 1.82. The summed E-state index contributed by atoms with van der Waals surface area (Å²) < 4.78 is 1.75. The molecule has 1 aromatic carbocycles. The molecule has 0 saturated carbocycles. The molecule has 0 bridgehead atoms. The van der Waals surface area contributed by atoms with Crippen LogP contribution in [-0.4, -0.2) is 20.6 Å². The van der Waals surface area contributed by atoms with Gasteiger partial charge in [0, 0.05) is 29.8 Å². The molecule has 0 aliphatic carbocycles. The van der Waals surface area contributed by atoms with E-state index in [4.69, 9.17) is 0 Å². The first-order chi connectivity index (χ1) is 8.27. The highest BCUT2D eigenvalue weighted by Gasteiger charge is 2.31. The molecule has 1 aliphatic heterocycles. The lowest BCUT2D eigenvalue weighted by molar-refractivity contribution is 0.144. The zero-order valence-electron chi connectivity index (χ0n) is 9.58. The van der Waals surface area contributed by atoms with Gasteiger partial charge < -0.3 is 5.11 Å². The Balaban J connectivity index is 1.95. The molecule has 0 fully saturated rings. The SMILES string of the molecule is Cn1nccc1C(O)C1CSc2ccccc21. The summed E-state index contributed by atoms with van der Waals surface area (Å²) in [6, 6.07) is 10.2. The van der Waals surface area contributed by atoms with Crippen molar-refractivity contribution in [3.8, 4) is 0 Å². The van der Waals surface area contributed by atoms with Crippen LogP contribution in [0.4, 0.5) is 0 Å². The standard InChI is InChI=1S/C13H14N2OS/c1-15-11(6-7-14-15)13(16)10-8-17-12-5-3-2-4-9(10)12/h2-7,10,13,16H,8H2,1H3. The molecule has 17 heavy (non-hydrogen) atoms. The van der Waals surface area contributed by atoms with Crippen LogP contribution in [0.25, 0.3) is 0 Å². The normalized spacial score (nSPS) is 20.2. The lowest BCUT2D eigenvalue weighted by Crippen LogP contribution is -2.14. The molecule has 4 heteroatoms. The van der Waals surface area contributed by atoms with Crippen LogP contribution in [0.15, 0.2) is 41.4 Å². The van der Waals surface area contributed by atoms with Crippen LogP contribution in [0.5, 0.6) is 0 Å². The topological polar surface area (TPSA) is 38.0 Å². The van der Waals surface area contributed by atoms with Gasteiger partial charge in [-0.25, -0.2) is 0 Å². The third-order valence-electron chi connectivity index (χ3n) is 3.28. The van der Waals surface area contributed by atoms with E-state index >= 15 is 0 Å². The van der Waals surface area contributed by atoms with Crippen molar-refractivity contribution in [1.82, 2.24) is 9.78 Å². The van der Waals surface area contributed by atoms with Crippen molar-refractivity contribution in [2.24, 2.45) is 7.05 Å². The van der Waals surface area contributed by atoms with Gasteiger partial charge in [0.1, 0.15) is 6.10 Å². The van der Waals surface area contributed by atoms with Gasteiger partial charge in [-0.05, 0) is 17.7 Å². The highest BCUT2D eigenvalue weighted by molar-refractivity contribution is 7.99. The fraction of sp³-hybridized carbons (Fsp3) is 0.308. The van der Waals surface area contributed by atoms with Gasteiger partial charge in [-0.15, -0.1) is 11.8 Å². The van der Waals surface area contributed by atoms with Crippen molar-refractivity contribution in [1.29, 1.82) is 0 Å². The molecule has 0 spiro atoms. The minimum atomic E-state index is -0.473. The van der Waals surface area contributed by atoms with Crippen molar-refractivity contribution in [3.05, 3.63) is 47.8 Å². The molecule has 0 radical (unpaired) electrons. The summed E-state index contributed by atoms with van der Waals surface area (Å²) in [5.41, 5.74) is 2.14. The van der Waals surface area contributed by atoms with E-state index in [-0.39, 0.29) is 5.92 Å². The molecule has 0 saturated heterocycles. The Morgan fingerprint density at radius 1 is 1.41 bits per heavy atom. The lowest BCUT2D eigenvalue weighted by Gasteiger charge is -2.18. The number of thioether (sulfide) groups is 1. The molecule has 3 nitrogen and oxygen atoms in total. The summed E-state index contributed by atoms with van der Waals surface area (Å²) in [5, 5.41) is 14.6. The minimum Gasteiger partial charge on any atom is -0.386 e. The van der Waals surface area contributed by atoms with E-state index in [1.165, 1.54) is 10.5 Å². The first kappa shape index (κ1) is 10.9. The van der Waals surface area contributed by atoms with E-state index in [1.807, 2.05) is 37.0 Å². The van der Waals surface area contributed by atoms with E-state index in [2.05, 4.69) is 17.2 Å². The summed E-state index contributed by atoms with van der Waals surface area (Å²) in [4.78, 5) is 1.29. The Bertz CT molecular complexity index is 538. The zero-order valence-corrected chi connectivity index (χ0v) is 10.4. The number of benzene rings is 1. The van der Waals surface area contributed by atoms with Gasteiger partial charge in [0.15, 0.2) is 0 Å². The van der Waals surface area contributed by atoms with Gasteiger partial charge in [0.25, 0.3) is 0 Å². The maximum Gasteiger partial charge on any atom is 0.103 e. The Kier molecular flexibility index (Phi) is 2.68. The number of aliphatic hydroxyl groups excluding tert-OH is 1. The van der Waals surface area contributed by atoms with Gasteiger partial charge in [0.05, 0.1) is 5.69 Å². The van der Waals surface area contributed by atoms with E-state index < -0.39 is 6.10 Å². The van der Waals surface area contributed by atoms with E-state index in [9.17, 15) is 5.11 Å². The van der Waals surface area contributed by atoms with Crippen LogP contribution in [0.1, 0.15) is 23.3 Å². The van der Waals surface area contributed by atoms with E-state index in [0.717, 1.165) is 11.4 Å². The molecular formula is C13H14N2OS. The number of nitrogens with zero attached hydrogens (tertiary/aromatic N) is 2. The Labute approximate surface area is 104 Å². The third kappa shape index (κ3) is 1.77. The second-order valence-corrected chi connectivity index (χ2v) is 5.34. The molecular weight excluding hydrogens is 232 g/mol. The molecule has 1 aromatic heterocycles.